The molecular weight excluding hydrogens is 357 g/mol. The number of hydrogen-bond acceptors (Lipinski definition) is 6. The molecule has 0 saturated carbocycles. The van der Waals surface area contributed by atoms with Gasteiger partial charge in [-0.15, -0.1) is 0 Å². The van der Waals surface area contributed by atoms with Crippen LogP contribution in [0.5, 0.6) is 0 Å². The molecule has 7 nitrogen and oxygen atoms in total. The van der Waals surface area contributed by atoms with Gasteiger partial charge in [0.1, 0.15) is 17.4 Å². The molecule has 1 saturated heterocycles. The number of carbonyl (C=O) groups is 1. The summed E-state index contributed by atoms with van der Waals surface area (Å²) in [5.41, 5.74) is -0.998. The molecule has 2 rings (SSSR count). The number of benzene rings is 1. The molecule has 26 heavy (non-hydrogen) atoms. The Bertz CT molecular complexity index is 677. The lowest BCUT2D eigenvalue weighted by molar-refractivity contribution is -0.0707. The van der Waals surface area contributed by atoms with Gasteiger partial charge in [-0.1, -0.05) is 30.3 Å². The molecule has 0 aliphatic carbocycles. The van der Waals surface area contributed by atoms with Gasteiger partial charge in [-0.2, -0.15) is 0 Å². The minimum absolute atomic E-state index is 0.558. The maximum absolute atomic E-state index is 13.1. The highest BCUT2D eigenvalue weighted by molar-refractivity contribution is 7.54. The van der Waals surface area contributed by atoms with Crippen molar-refractivity contribution in [2.45, 2.75) is 57.8 Å². The van der Waals surface area contributed by atoms with E-state index in [2.05, 4.69) is 0 Å². The van der Waals surface area contributed by atoms with Crippen LogP contribution in [0.25, 0.3) is 0 Å². The average molecular weight is 385 g/mol. The van der Waals surface area contributed by atoms with Crippen molar-refractivity contribution >= 4 is 13.7 Å². The van der Waals surface area contributed by atoms with Gasteiger partial charge < -0.3 is 18.5 Å². The lowest BCUT2D eigenvalue weighted by atomic mass is 10.1. The SMILES string of the molecule is COP(=O)(OC)[C@@H]1OC(C)(C)N(C(=O)OC(C)(C)C)[C@H]1c1ccccc1. The van der Waals surface area contributed by atoms with Crippen molar-refractivity contribution in [2.75, 3.05) is 14.2 Å². The molecule has 1 aliphatic heterocycles. The second-order valence-electron chi connectivity index (χ2n) is 7.57. The summed E-state index contributed by atoms with van der Waals surface area (Å²) in [4.78, 5) is 14.4. The molecular formula is C18H28NO6P. The van der Waals surface area contributed by atoms with Crippen molar-refractivity contribution < 1.29 is 27.9 Å². The third kappa shape index (κ3) is 4.12. The smallest absolute Gasteiger partial charge is 0.413 e. The van der Waals surface area contributed by atoms with Crippen molar-refractivity contribution in [3.63, 3.8) is 0 Å². The van der Waals surface area contributed by atoms with E-state index < -0.39 is 36.9 Å². The Morgan fingerprint density at radius 1 is 1.15 bits per heavy atom. The first-order valence-corrected chi connectivity index (χ1v) is 10.0. The summed E-state index contributed by atoms with van der Waals surface area (Å²) in [5, 5.41) is 0. The zero-order valence-electron chi connectivity index (χ0n) is 16.4. The third-order valence-corrected chi connectivity index (χ3v) is 6.12. The number of nitrogens with zero attached hydrogens (tertiary/aromatic N) is 1. The molecule has 1 aliphatic rings. The van der Waals surface area contributed by atoms with Crippen molar-refractivity contribution in [3.8, 4) is 0 Å². The van der Waals surface area contributed by atoms with E-state index in [4.69, 9.17) is 18.5 Å². The van der Waals surface area contributed by atoms with Crippen molar-refractivity contribution in [3.05, 3.63) is 35.9 Å². The van der Waals surface area contributed by atoms with Gasteiger partial charge in [0.05, 0.1) is 0 Å². The predicted octanol–water partition coefficient (Wildman–Crippen LogP) is 4.54. The monoisotopic (exact) mass is 385 g/mol. The Kier molecular flexibility index (Phi) is 5.88. The van der Waals surface area contributed by atoms with Crippen LogP contribution in [0.3, 0.4) is 0 Å². The Labute approximate surface area is 155 Å². The quantitative estimate of drug-likeness (QED) is 0.708. The molecule has 1 heterocycles. The van der Waals surface area contributed by atoms with Crippen molar-refractivity contribution in [1.82, 2.24) is 4.90 Å². The average Bonchev–Trinajstić information content (AvgIpc) is 2.85. The van der Waals surface area contributed by atoms with E-state index in [0.29, 0.717) is 0 Å². The molecule has 0 N–H and O–H groups in total. The number of carbonyl (C=O) groups excluding carboxylic acids is 1. The largest absolute Gasteiger partial charge is 0.444 e. The molecule has 1 aromatic rings. The summed E-state index contributed by atoms with van der Waals surface area (Å²) in [6.45, 7) is 8.82. The second-order valence-corrected chi connectivity index (χ2v) is 9.88. The van der Waals surface area contributed by atoms with E-state index in [1.807, 2.05) is 30.3 Å². The number of amides is 1. The Morgan fingerprint density at radius 3 is 2.15 bits per heavy atom. The first-order valence-electron chi connectivity index (χ1n) is 8.41. The summed E-state index contributed by atoms with van der Waals surface area (Å²) in [6.07, 6.45) is -0.558. The molecule has 1 aromatic carbocycles. The molecule has 0 radical (unpaired) electrons. The maximum Gasteiger partial charge on any atom is 0.413 e. The molecule has 0 spiro atoms. The van der Waals surface area contributed by atoms with E-state index in [-0.39, 0.29) is 0 Å². The molecule has 1 amide bonds. The van der Waals surface area contributed by atoms with Crippen LogP contribution in [0.4, 0.5) is 4.79 Å². The fourth-order valence-electron chi connectivity index (χ4n) is 3.01. The van der Waals surface area contributed by atoms with Gasteiger partial charge in [0.2, 0.25) is 0 Å². The highest BCUT2D eigenvalue weighted by Gasteiger charge is 2.58. The molecule has 146 valence electrons. The lowest BCUT2D eigenvalue weighted by Gasteiger charge is -2.35. The fourth-order valence-corrected chi connectivity index (χ4v) is 4.61. The normalized spacial score (nSPS) is 23.1. The summed E-state index contributed by atoms with van der Waals surface area (Å²) in [6, 6.07) is 8.55. The summed E-state index contributed by atoms with van der Waals surface area (Å²) >= 11 is 0. The molecule has 8 heteroatoms. The van der Waals surface area contributed by atoms with Crippen molar-refractivity contribution in [1.29, 1.82) is 0 Å². The van der Waals surface area contributed by atoms with Crippen molar-refractivity contribution in [2.24, 2.45) is 0 Å². The Hall–Kier alpha value is -1.40. The Balaban J connectivity index is 2.56. The van der Waals surface area contributed by atoms with Crippen LogP contribution >= 0.6 is 7.60 Å². The molecule has 0 unspecified atom stereocenters. The first-order chi connectivity index (χ1) is 11.9. The van der Waals surface area contributed by atoms with Gasteiger partial charge in [0.15, 0.2) is 5.85 Å². The van der Waals surface area contributed by atoms with Gasteiger partial charge >= 0.3 is 13.7 Å². The van der Waals surface area contributed by atoms with Gasteiger partial charge in [0, 0.05) is 14.2 Å². The van der Waals surface area contributed by atoms with E-state index in [0.717, 1.165) is 5.56 Å². The van der Waals surface area contributed by atoms with Crippen LogP contribution < -0.4 is 0 Å². The van der Waals surface area contributed by atoms with Gasteiger partial charge in [-0.3, -0.25) is 9.46 Å². The summed E-state index contributed by atoms with van der Waals surface area (Å²) < 4.78 is 35.1. The van der Waals surface area contributed by atoms with Gasteiger partial charge in [0.25, 0.3) is 0 Å². The minimum Gasteiger partial charge on any atom is -0.444 e. The topological polar surface area (TPSA) is 74.3 Å². The Morgan fingerprint density at radius 2 is 1.69 bits per heavy atom. The highest BCUT2D eigenvalue weighted by Crippen LogP contribution is 2.62. The zero-order chi connectivity index (χ0) is 19.8. The van der Waals surface area contributed by atoms with E-state index in [1.165, 1.54) is 19.1 Å². The number of hydrogen-bond donors (Lipinski definition) is 0. The molecule has 0 bridgehead atoms. The number of ether oxygens (including phenoxy) is 2. The van der Waals surface area contributed by atoms with Crippen LogP contribution in [0.2, 0.25) is 0 Å². The summed E-state index contributed by atoms with van der Waals surface area (Å²) in [7, 11) is -1.02. The van der Waals surface area contributed by atoms with Crippen LogP contribution in [0, 0.1) is 0 Å². The second kappa shape index (κ2) is 7.31. The van der Waals surface area contributed by atoms with Gasteiger partial charge in [-0.25, -0.2) is 4.79 Å². The van der Waals surface area contributed by atoms with Crippen LogP contribution in [0.15, 0.2) is 30.3 Å². The van der Waals surface area contributed by atoms with E-state index >= 15 is 0 Å². The molecule has 1 fully saturated rings. The standard InChI is InChI=1S/C18H28NO6P/c1-17(2,3)25-16(20)19-14(13-11-9-8-10-12-13)15(24-18(19,4)5)26(21,22-6)23-7/h8-12,14-15H,1-7H3/t14-,15-/m0/s1. The van der Waals surface area contributed by atoms with Crippen LogP contribution in [0.1, 0.15) is 46.2 Å². The molecule has 0 aromatic heterocycles. The van der Waals surface area contributed by atoms with E-state index in [9.17, 15) is 9.36 Å². The van der Waals surface area contributed by atoms with E-state index in [1.54, 1.807) is 34.6 Å². The highest BCUT2D eigenvalue weighted by atomic mass is 31.2. The first kappa shape index (κ1) is 20.9. The predicted molar refractivity (Wildman–Crippen MR) is 97.8 cm³/mol. The summed E-state index contributed by atoms with van der Waals surface area (Å²) in [5.74, 6) is -0.984. The maximum atomic E-state index is 13.1. The third-order valence-electron chi connectivity index (χ3n) is 4.09. The van der Waals surface area contributed by atoms with Crippen LogP contribution in [-0.2, 0) is 23.1 Å². The van der Waals surface area contributed by atoms with Crippen LogP contribution in [-0.4, -0.2) is 42.4 Å². The zero-order valence-corrected chi connectivity index (χ0v) is 17.3. The number of rotatable bonds is 4. The minimum atomic E-state index is -3.63. The lowest BCUT2D eigenvalue weighted by Crippen LogP contribution is -2.47. The molecule has 2 atom stereocenters. The fraction of sp³-hybridized carbons (Fsp3) is 0.611. The van der Waals surface area contributed by atoms with Gasteiger partial charge in [-0.05, 0) is 40.2 Å².